The third-order valence-electron chi connectivity index (χ3n) is 2.82. The second-order valence-corrected chi connectivity index (χ2v) is 6.34. The molecule has 0 saturated heterocycles. The van der Waals surface area contributed by atoms with Crippen LogP contribution in [0.2, 0.25) is 5.02 Å². The molecule has 0 aliphatic heterocycles. The number of hydrogen-bond donors (Lipinski definition) is 1. The molecule has 100 valence electrons. The minimum absolute atomic E-state index is 0.233. The van der Waals surface area contributed by atoms with Crippen molar-refractivity contribution in [2.45, 2.75) is 12.5 Å². The first kappa shape index (κ1) is 15.0. The van der Waals surface area contributed by atoms with Crippen molar-refractivity contribution < 1.29 is 4.39 Å². The van der Waals surface area contributed by atoms with Gasteiger partial charge in [-0.1, -0.05) is 33.6 Å². The zero-order valence-electron chi connectivity index (χ0n) is 9.84. The number of rotatable bonds is 3. The molecule has 2 rings (SSSR count). The minimum atomic E-state index is -0.265. The average Bonchev–Trinajstić information content (AvgIpc) is 2.37. The molecule has 5 heteroatoms. The Hall–Kier alpha value is -0.420. The van der Waals surface area contributed by atoms with Crippen molar-refractivity contribution in [1.82, 2.24) is 0 Å². The van der Waals surface area contributed by atoms with Crippen molar-refractivity contribution in [2.24, 2.45) is 5.73 Å². The van der Waals surface area contributed by atoms with Crippen LogP contribution in [-0.4, -0.2) is 0 Å². The highest BCUT2D eigenvalue weighted by atomic mass is 79.9. The molecule has 0 amide bonds. The highest BCUT2D eigenvalue weighted by Crippen LogP contribution is 2.28. The normalized spacial score (nSPS) is 12.5. The third kappa shape index (κ3) is 3.78. The van der Waals surface area contributed by atoms with E-state index in [1.807, 2.05) is 18.2 Å². The van der Waals surface area contributed by atoms with E-state index in [1.165, 1.54) is 12.1 Å². The standard InChI is InChI=1S/C14H11Br2ClFN/c15-11-4-2-10(18)5-9(11)7-14(19)8-1-3-12(16)13(17)6-8/h1-6,14H,7,19H2. The van der Waals surface area contributed by atoms with E-state index in [0.29, 0.717) is 11.4 Å². The Bertz CT molecular complexity index is 604. The molecule has 0 aliphatic rings. The van der Waals surface area contributed by atoms with Crippen LogP contribution in [0.3, 0.4) is 0 Å². The molecule has 0 spiro atoms. The second kappa shape index (κ2) is 6.35. The fraction of sp³-hybridized carbons (Fsp3) is 0.143. The second-order valence-electron chi connectivity index (χ2n) is 4.22. The van der Waals surface area contributed by atoms with E-state index in [1.54, 1.807) is 6.07 Å². The molecule has 1 unspecified atom stereocenters. The molecule has 2 N–H and O–H groups in total. The quantitative estimate of drug-likeness (QED) is 0.739. The summed E-state index contributed by atoms with van der Waals surface area (Å²) in [6.45, 7) is 0. The summed E-state index contributed by atoms with van der Waals surface area (Å²) in [4.78, 5) is 0. The molecule has 0 saturated carbocycles. The summed E-state index contributed by atoms with van der Waals surface area (Å²) in [7, 11) is 0. The SMILES string of the molecule is NC(Cc1cc(F)ccc1Br)c1ccc(Br)c(Cl)c1. The van der Waals surface area contributed by atoms with E-state index < -0.39 is 0 Å². The van der Waals surface area contributed by atoms with E-state index in [9.17, 15) is 4.39 Å². The van der Waals surface area contributed by atoms with Gasteiger partial charge in [0.2, 0.25) is 0 Å². The summed E-state index contributed by atoms with van der Waals surface area (Å²) in [5.41, 5.74) is 7.91. The van der Waals surface area contributed by atoms with Crippen molar-refractivity contribution in [3.8, 4) is 0 Å². The molecule has 2 aromatic rings. The van der Waals surface area contributed by atoms with Gasteiger partial charge in [-0.15, -0.1) is 0 Å². The first-order valence-corrected chi connectivity index (χ1v) is 7.58. The predicted molar refractivity (Wildman–Crippen MR) is 83.9 cm³/mol. The molecule has 0 aliphatic carbocycles. The Morgan fingerprint density at radius 1 is 1.11 bits per heavy atom. The van der Waals surface area contributed by atoms with Crippen LogP contribution < -0.4 is 5.73 Å². The fourth-order valence-electron chi connectivity index (χ4n) is 1.80. The van der Waals surface area contributed by atoms with Gasteiger partial charge in [0.1, 0.15) is 5.82 Å². The van der Waals surface area contributed by atoms with Crippen LogP contribution in [0, 0.1) is 5.82 Å². The Kier molecular flexibility index (Phi) is 5.01. The van der Waals surface area contributed by atoms with Gasteiger partial charge in [-0.25, -0.2) is 4.39 Å². The van der Waals surface area contributed by atoms with Crippen molar-refractivity contribution in [3.05, 3.63) is 67.3 Å². The van der Waals surface area contributed by atoms with Crippen LogP contribution in [-0.2, 0) is 6.42 Å². The minimum Gasteiger partial charge on any atom is -0.324 e. The van der Waals surface area contributed by atoms with E-state index in [4.69, 9.17) is 17.3 Å². The first-order valence-electron chi connectivity index (χ1n) is 5.62. The van der Waals surface area contributed by atoms with Crippen LogP contribution in [0.15, 0.2) is 45.3 Å². The van der Waals surface area contributed by atoms with Crippen LogP contribution in [0.5, 0.6) is 0 Å². The number of halogens is 4. The first-order chi connectivity index (χ1) is 8.97. The fourth-order valence-corrected chi connectivity index (χ4v) is 2.64. The van der Waals surface area contributed by atoms with Gasteiger partial charge in [0.05, 0.1) is 5.02 Å². The van der Waals surface area contributed by atoms with Gasteiger partial charge >= 0.3 is 0 Å². The van der Waals surface area contributed by atoms with Gasteiger partial charge in [-0.2, -0.15) is 0 Å². The Labute approximate surface area is 133 Å². The molecule has 0 fully saturated rings. The summed E-state index contributed by atoms with van der Waals surface area (Å²) < 4.78 is 14.9. The van der Waals surface area contributed by atoms with Gasteiger partial charge in [-0.05, 0) is 63.8 Å². The van der Waals surface area contributed by atoms with Gasteiger partial charge in [0.15, 0.2) is 0 Å². The maximum Gasteiger partial charge on any atom is 0.123 e. The molecule has 1 nitrogen and oxygen atoms in total. The summed E-state index contributed by atoms with van der Waals surface area (Å²) >= 11 is 12.8. The summed E-state index contributed by atoms with van der Waals surface area (Å²) in [5, 5.41) is 0.617. The Morgan fingerprint density at radius 3 is 2.47 bits per heavy atom. The number of hydrogen-bond acceptors (Lipinski definition) is 1. The zero-order chi connectivity index (χ0) is 14.0. The highest BCUT2D eigenvalue weighted by molar-refractivity contribution is 9.10. The highest BCUT2D eigenvalue weighted by Gasteiger charge is 2.11. The lowest BCUT2D eigenvalue weighted by Gasteiger charge is -2.14. The van der Waals surface area contributed by atoms with Crippen LogP contribution in [0.4, 0.5) is 4.39 Å². The monoisotopic (exact) mass is 405 g/mol. The molecule has 0 heterocycles. The number of nitrogens with two attached hydrogens (primary N) is 1. The molecule has 1 atom stereocenters. The summed E-state index contributed by atoms with van der Waals surface area (Å²) in [6, 6.07) is 9.95. The largest absolute Gasteiger partial charge is 0.324 e. The molecule has 0 radical (unpaired) electrons. The molecular weight excluding hydrogens is 396 g/mol. The van der Waals surface area contributed by atoms with Crippen LogP contribution >= 0.6 is 43.5 Å². The summed E-state index contributed by atoms with van der Waals surface area (Å²) in [6.07, 6.45) is 0.538. The van der Waals surface area contributed by atoms with Crippen LogP contribution in [0.1, 0.15) is 17.2 Å². The van der Waals surface area contributed by atoms with E-state index >= 15 is 0 Å². The van der Waals surface area contributed by atoms with Crippen LogP contribution in [0.25, 0.3) is 0 Å². The van der Waals surface area contributed by atoms with Gasteiger partial charge in [0, 0.05) is 15.0 Å². The van der Waals surface area contributed by atoms with Gasteiger partial charge in [-0.3, -0.25) is 0 Å². The smallest absolute Gasteiger partial charge is 0.123 e. The maximum absolute atomic E-state index is 13.2. The van der Waals surface area contributed by atoms with Gasteiger partial charge in [0.25, 0.3) is 0 Å². The third-order valence-corrected chi connectivity index (χ3v) is 4.83. The lowest BCUT2D eigenvalue weighted by atomic mass is 10.00. The molecule has 2 aromatic carbocycles. The molecule has 0 aromatic heterocycles. The lowest BCUT2D eigenvalue weighted by molar-refractivity contribution is 0.621. The van der Waals surface area contributed by atoms with Crippen molar-refractivity contribution >= 4 is 43.5 Å². The maximum atomic E-state index is 13.2. The van der Waals surface area contributed by atoms with Crippen molar-refractivity contribution in [1.29, 1.82) is 0 Å². The molecular formula is C14H11Br2ClFN. The zero-order valence-corrected chi connectivity index (χ0v) is 13.8. The Morgan fingerprint density at radius 2 is 1.79 bits per heavy atom. The number of benzene rings is 2. The van der Waals surface area contributed by atoms with Gasteiger partial charge < -0.3 is 5.73 Å². The molecule has 19 heavy (non-hydrogen) atoms. The average molecular weight is 408 g/mol. The lowest BCUT2D eigenvalue weighted by Crippen LogP contribution is -2.13. The summed E-state index contributed by atoms with van der Waals surface area (Å²) in [5.74, 6) is -0.265. The van der Waals surface area contributed by atoms with E-state index in [0.717, 1.165) is 20.1 Å². The molecule has 0 bridgehead atoms. The predicted octanol–water partition coefficient (Wildman–Crippen LogP) is 5.25. The van der Waals surface area contributed by atoms with E-state index in [-0.39, 0.29) is 11.9 Å². The Balaban J connectivity index is 2.22. The topological polar surface area (TPSA) is 26.0 Å². The van der Waals surface area contributed by atoms with E-state index in [2.05, 4.69) is 31.9 Å². The van der Waals surface area contributed by atoms with Crippen molar-refractivity contribution in [2.75, 3.05) is 0 Å². The van der Waals surface area contributed by atoms with Crippen molar-refractivity contribution in [3.63, 3.8) is 0 Å².